The first-order valence-electron chi connectivity index (χ1n) is 8.91. The summed E-state index contributed by atoms with van der Waals surface area (Å²) in [5, 5.41) is 14.5. The van der Waals surface area contributed by atoms with Crippen LogP contribution in [0.15, 0.2) is 72.8 Å². The van der Waals surface area contributed by atoms with E-state index >= 15 is 0 Å². The number of anilines is 2. The Labute approximate surface area is 163 Å². The Kier molecular flexibility index (Phi) is 5.83. The van der Waals surface area contributed by atoms with Crippen LogP contribution >= 0.6 is 0 Å². The highest BCUT2D eigenvalue weighted by atomic mass is 16.2. The number of carbonyl (C=O) groups excluding carboxylic acids is 2. The van der Waals surface area contributed by atoms with Gasteiger partial charge in [-0.05, 0) is 66.6 Å². The van der Waals surface area contributed by atoms with Crippen molar-refractivity contribution in [2.24, 2.45) is 0 Å². The standard InChI is InChI=1S/C23H19N3O2/c1-2-16-6-12-20(13-7-16)25-22(27)18-8-10-19(11-9-18)23(28)26-21-5-3-4-17(14-21)15-24/h3-14H,2H2,1H3,(H,25,27)(H,26,28). The van der Waals surface area contributed by atoms with Crippen LogP contribution in [-0.4, -0.2) is 11.8 Å². The Morgan fingerprint density at radius 2 is 1.39 bits per heavy atom. The van der Waals surface area contributed by atoms with Crippen LogP contribution in [0.2, 0.25) is 0 Å². The maximum Gasteiger partial charge on any atom is 0.255 e. The molecule has 2 amide bonds. The van der Waals surface area contributed by atoms with E-state index in [0.29, 0.717) is 22.4 Å². The minimum absolute atomic E-state index is 0.238. The second kappa shape index (κ2) is 8.65. The molecule has 0 atom stereocenters. The largest absolute Gasteiger partial charge is 0.322 e. The number of rotatable bonds is 5. The highest BCUT2D eigenvalue weighted by Gasteiger charge is 2.10. The molecule has 0 saturated carbocycles. The highest BCUT2D eigenvalue weighted by molar-refractivity contribution is 6.07. The Bertz CT molecular complexity index is 1030. The lowest BCUT2D eigenvalue weighted by atomic mass is 10.1. The minimum Gasteiger partial charge on any atom is -0.322 e. The third-order valence-electron chi connectivity index (χ3n) is 4.28. The second-order valence-electron chi connectivity index (χ2n) is 6.23. The molecule has 0 radical (unpaired) electrons. The average molecular weight is 369 g/mol. The molecule has 0 bridgehead atoms. The molecule has 5 heteroatoms. The van der Waals surface area contributed by atoms with E-state index in [9.17, 15) is 9.59 Å². The summed E-state index contributed by atoms with van der Waals surface area (Å²) >= 11 is 0. The van der Waals surface area contributed by atoms with Crippen LogP contribution in [0.5, 0.6) is 0 Å². The molecular formula is C23H19N3O2. The van der Waals surface area contributed by atoms with Gasteiger partial charge in [0.1, 0.15) is 0 Å². The van der Waals surface area contributed by atoms with Crippen LogP contribution in [0.3, 0.4) is 0 Å². The normalized spacial score (nSPS) is 10.0. The predicted octanol–water partition coefficient (Wildman–Crippen LogP) is 4.63. The summed E-state index contributed by atoms with van der Waals surface area (Å²) in [6.45, 7) is 2.07. The lowest BCUT2D eigenvalue weighted by Gasteiger charge is -2.08. The maximum atomic E-state index is 12.4. The average Bonchev–Trinajstić information content (AvgIpc) is 2.74. The molecule has 2 N–H and O–H groups in total. The minimum atomic E-state index is -0.308. The van der Waals surface area contributed by atoms with Gasteiger partial charge in [-0.1, -0.05) is 25.1 Å². The van der Waals surface area contributed by atoms with Crippen LogP contribution in [0, 0.1) is 11.3 Å². The van der Waals surface area contributed by atoms with E-state index in [0.717, 1.165) is 12.1 Å². The van der Waals surface area contributed by atoms with E-state index in [1.54, 1.807) is 48.5 Å². The Balaban J connectivity index is 1.65. The van der Waals surface area contributed by atoms with Gasteiger partial charge in [0.15, 0.2) is 0 Å². The van der Waals surface area contributed by atoms with Crippen LogP contribution in [0.25, 0.3) is 0 Å². The summed E-state index contributed by atoms with van der Waals surface area (Å²) < 4.78 is 0. The van der Waals surface area contributed by atoms with Gasteiger partial charge in [0.25, 0.3) is 11.8 Å². The Morgan fingerprint density at radius 1 is 0.821 bits per heavy atom. The summed E-state index contributed by atoms with van der Waals surface area (Å²) in [6, 6.07) is 22.8. The quantitative estimate of drug-likeness (QED) is 0.688. The van der Waals surface area contributed by atoms with E-state index < -0.39 is 0 Å². The smallest absolute Gasteiger partial charge is 0.255 e. The zero-order valence-corrected chi connectivity index (χ0v) is 15.4. The molecule has 0 aliphatic heterocycles. The van der Waals surface area contributed by atoms with Crippen LogP contribution < -0.4 is 10.6 Å². The first-order chi connectivity index (χ1) is 13.6. The van der Waals surface area contributed by atoms with Crippen molar-refractivity contribution in [1.82, 2.24) is 0 Å². The zero-order chi connectivity index (χ0) is 19.9. The summed E-state index contributed by atoms with van der Waals surface area (Å²) in [5.74, 6) is -0.546. The summed E-state index contributed by atoms with van der Waals surface area (Å²) in [5.41, 5.74) is 3.82. The monoisotopic (exact) mass is 369 g/mol. The molecule has 5 nitrogen and oxygen atoms in total. The fourth-order valence-corrected chi connectivity index (χ4v) is 2.67. The van der Waals surface area contributed by atoms with Gasteiger partial charge < -0.3 is 10.6 Å². The molecule has 0 aliphatic rings. The van der Waals surface area contributed by atoms with Crippen LogP contribution in [0.1, 0.15) is 38.8 Å². The lowest BCUT2D eigenvalue weighted by Crippen LogP contribution is -2.14. The zero-order valence-electron chi connectivity index (χ0n) is 15.4. The number of hydrogen-bond donors (Lipinski definition) is 2. The van der Waals surface area contributed by atoms with Gasteiger partial charge in [0.2, 0.25) is 0 Å². The van der Waals surface area contributed by atoms with Crippen molar-refractivity contribution in [2.75, 3.05) is 10.6 Å². The molecule has 28 heavy (non-hydrogen) atoms. The maximum absolute atomic E-state index is 12.4. The molecule has 3 rings (SSSR count). The third-order valence-corrected chi connectivity index (χ3v) is 4.28. The second-order valence-corrected chi connectivity index (χ2v) is 6.23. The first-order valence-corrected chi connectivity index (χ1v) is 8.91. The number of nitrogens with one attached hydrogen (secondary N) is 2. The molecule has 0 fully saturated rings. The van der Waals surface area contributed by atoms with E-state index in [4.69, 9.17) is 5.26 Å². The van der Waals surface area contributed by atoms with Crippen molar-refractivity contribution in [2.45, 2.75) is 13.3 Å². The molecule has 3 aromatic rings. The van der Waals surface area contributed by atoms with Gasteiger partial charge in [-0.15, -0.1) is 0 Å². The fraction of sp³-hybridized carbons (Fsp3) is 0.0870. The number of nitrogens with zero attached hydrogens (tertiary/aromatic N) is 1. The van der Waals surface area contributed by atoms with Gasteiger partial charge in [-0.25, -0.2) is 0 Å². The molecule has 0 aliphatic carbocycles. The number of benzene rings is 3. The molecule has 0 unspecified atom stereocenters. The topological polar surface area (TPSA) is 82.0 Å². The number of aryl methyl sites for hydroxylation is 1. The molecule has 0 spiro atoms. The number of hydrogen-bond acceptors (Lipinski definition) is 3. The summed E-state index contributed by atoms with van der Waals surface area (Å²) in [7, 11) is 0. The van der Waals surface area contributed by atoms with E-state index in [1.807, 2.05) is 30.3 Å². The summed E-state index contributed by atoms with van der Waals surface area (Å²) in [6.07, 6.45) is 0.943. The molecular weight excluding hydrogens is 350 g/mol. The molecule has 0 saturated heterocycles. The Hall–Kier alpha value is -3.91. The van der Waals surface area contributed by atoms with Gasteiger partial charge in [-0.3, -0.25) is 9.59 Å². The first kappa shape index (κ1) is 18.9. The van der Waals surface area contributed by atoms with Gasteiger partial charge in [0.05, 0.1) is 11.6 Å². The predicted molar refractivity (Wildman–Crippen MR) is 109 cm³/mol. The fourth-order valence-electron chi connectivity index (χ4n) is 2.67. The van der Waals surface area contributed by atoms with Crippen molar-refractivity contribution in [3.05, 3.63) is 95.1 Å². The number of amides is 2. The SMILES string of the molecule is CCc1ccc(NC(=O)c2ccc(C(=O)Nc3cccc(C#N)c3)cc2)cc1. The molecule has 0 aromatic heterocycles. The highest BCUT2D eigenvalue weighted by Crippen LogP contribution is 2.14. The Morgan fingerprint density at radius 3 is 1.93 bits per heavy atom. The van der Waals surface area contributed by atoms with Gasteiger partial charge in [0, 0.05) is 22.5 Å². The van der Waals surface area contributed by atoms with Gasteiger partial charge in [-0.2, -0.15) is 5.26 Å². The van der Waals surface area contributed by atoms with E-state index in [2.05, 4.69) is 17.6 Å². The molecule has 0 heterocycles. The molecule has 3 aromatic carbocycles. The summed E-state index contributed by atoms with van der Waals surface area (Å²) in [4.78, 5) is 24.7. The van der Waals surface area contributed by atoms with Gasteiger partial charge >= 0.3 is 0 Å². The third kappa shape index (κ3) is 4.63. The van der Waals surface area contributed by atoms with Crippen molar-refractivity contribution >= 4 is 23.2 Å². The number of nitriles is 1. The number of carbonyl (C=O) groups is 2. The van der Waals surface area contributed by atoms with E-state index in [1.165, 1.54) is 5.56 Å². The van der Waals surface area contributed by atoms with Crippen molar-refractivity contribution in [1.29, 1.82) is 5.26 Å². The van der Waals surface area contributed by atoms with E-state index in [-0.39, 0.29) is 11.8 Å². The van der Waals surface area contributed by atoms with Crippen LogP contribution in [-0.2, 0) is 6.42 Å². The molecule has 138 valence electrons. The van der Waals surface area contributed by atoms with Crippen molar-refractivity contribution in [3.63, 3.8) is 0 Å². The van der Waals surface area contributed by atoms with Crippen LogP contribution in [0.4, 0.5) is 11.4 Å². The lowest BCUT2D eigenvalue weighted by molar-refractivity contribution is 0.101. The van der Waals surface area contributed by atoms with Crippen molar-refractivity contribution < 1.29 is 9.59 Å². The van der Waals surface area contributed by atoms with Crippen molar-refractivity contribution in [3.8, 4) is 6.07 Å².